The van der Waals surface area contributed by atoms with Crippen molar-refractivity contribution in [2.45, 2.75) is 57.9 Å². The number of nitrogens with zero attached hydrogens (tertiary/aromatic N) is 2. The third kappa shape index (κ3) is 3.04. The van der Waals surface area contributed by atoms with E-state index in [1.54, 1.807) is 0 Å². The molecule has 0 spiro atoms. The number of aromatic nitrogens is 2. The van der Waals surface area contributed by atoms with Crippen LogP contribution in [0.5, 0.6) is 0 Å². The molecule has 16 heavy (non-hydrogen) atoms. The highest BCUT2D eigenvalue weighted by atomic mass is 16.5. The molecule has 1 aliphatic heterocycles. The summed E-state index contributed by atoms with van der Waals surface area (Å²) in [4.78, 5) is 4.47. The SMILES string of the molecule is CCCCc1nc([C@@H]2CCCCCN2)no1. The van der Waals surface area contributed by atoms with E-state index >= 15 is 0 Å². The summed E-state index contributed by atoms with van der Waals surface area (Å²) in [6.07, 6.45) is 8.17. The minimum atomic E-state index is 0.307. The van der Waals surface area contributed by atoms with E-state index < -0.39 is 0 Å². The van der Waals surface area contributed by atoms with Crippen molar-refractivity contribution in [2.24, 2.45) is 0 Å². The van der Waals surface area contributed by atoms with Crippen LogP contribution in [0.25, 0.3) is 0 Å². The molecule has 1 aliphatic rings. The number of nitrogens with one attached hydrogen (secondary N) is 1. The highest BCUT2D eigenvalue weighted by molar-refractivity contribution is 4.95. The van der Waals surface area contributed by atoms with Crippen LogP contribution in [-0.2, 0) is 6.42 Å². The topological polar surface area (TPSA) is 51.0 Å². The smallest absolute Gasteiger partial charge is 0.226 e. The highest BCUT2D eigenvalue weighted by Gasteiger charge is 2.18. The van der Waals surface area contributed by atoms with Crippen molar-refractivity contribution in [3.05, 3.63) is 11.7 Å². The monoisotopic (exact) mass is 223 g/mol. The van der Waals surface area contributed by atoms with Gasteiger partial charge in [0.2, 0.25) is 5.89 Å². The minimum Gasteiger partial charge on any atom is -0.339 e. The maximum absolute atomic E-state index is 5.26. The van der Waals surface area contributed by atoms with E-state index in [1.807, 2.05) is 0 Å². The predicted octanol–water partition coefficient (Wildman–Crippen LogP) is 2.62. The number of aryl methyl sites for hydroxylation is 1. The Morgan fingerprint density at radius 3 is 3.19 bits per heavy atom. The molecular weight excluding hydrogens is 202 g/mol. The standard InChI is InChI=1S/C12H21N3O/c1-2-3-8-11-14-12(15-16-11)10-7-5-4-6-9-13-10/h10,13H,2-9H2,1H3/t10-/m0/s1. The van der Waals surface area contributed by atoms with Crippen molar-refractivity contribution in [1.29, 1.82) is 0 Å². The van der Waals surface area contributed by atoms with Crippen LogP contribution in [0.2, 0.25) is 0 Å². The molecule has 1 atom stereocenters. The lowest BCUT2D eigenvalue weighted by molar-refractivity contribution is 0.361. The highest BCUT2D eigenvalue weighted by Crippen LogP contribution is 2.20. The van der Waals surface area contributed by atoms with Gasteiger partial charge in [-0.15, -0.1) is 0 Å². The van der Waals surface area contributed by atoms with Crippen molar-refractivity contribution in [2.75, 3.05) is 6.54 Å². The van der Waals surface area contributed by atoms with Gasteiger partial charge >= 0.3 is 0 Å². The minimum absolute atomic E-state index is 0.307. The van der Waals surface area contributed by atoms with Gasteiger partial charge in [0.1, 0.15) is 0 Å². The van der Waals surface area contributed by atoms with Crippen LogP contribution in [0.1, 0.15) is 63.2 Å². The molecule has 90 valence electrons. The number of hydrogen-bond donors (Lipinski definition) is 1. The fourth-order valence-electron chi connectivity index (χ4n) is 2.09. The lowest BCUT2D eigenvalue weighted by atomic mass is 10.1. The summed E-state index contributed by atoms with van der Waals surface area (Å²) in [6, 6.07) is 0.307. The van der Waals surface area contributed by atoms with Crippen LogP contribution in [0.3, 0.4) is 0 Å². The first-order valence-electron chi connectivity index (χ1n) is 6.46. The molecule has 1 saturated heterocycles. The Bertz CT molecular complexity index is 303. The Labute approximate surface area is 96.8 Å². The molecule has 0 amide bonds. The average molecular weight is 223 g/mol. The molecular formula is C12H21N3O. The zero-order chi connectivity index (χ0) is 11.2. The van der Waals surface area contributed by atoms with E-state index in [-0.39, 0.29) is 0 Å². The molecule has 0 unspecified atom stereocenters. The van der Waals surface area contributed by atoms with Gasteiger partial charge in [-0.25, -0.2) is 0 Å². The molecule has 4 nitrogen and oxygen atoms in total. The van der Waals surface area contributed by atoms with Crippen molar-refractivity contribution < 1.29 is 4.52 Å². The molecule has 1 aromatic rings. The first-order valence-corrected chi connectivity index (χ1v) is 6.46. The zero-order valence-electron chi connectivity index (χ0n) is 10.0. The number of hydrogen-bond acceptors (Lipinski definition) is 4. The van der Waals surface area contributed by atoms with Crippen LogP contribution >= 0.6 is 0 Å². The zero-order valence-corrected chi connectivity index (χ0v) is 10.0. The second-order valence-corrected chi connectivity index (χ2v) is 4.51. The lowest BCUT2D eigenvalue weighted by Crippen LogP contribution is -2.21. The average Bonchev–Trinajstić information content (AvgIpc) is 2.60. The van der Waals surface area contributed by atoms with Crippen molar-refractivity contribution in [3.63, 3.8) is 0 Å². The van der Waals surface area contributed by atoms with Crippen molar-refractivity contribution >= 4 is 0 Å². The summed E-state index contributed by atoms with van der Waals surface area (Å²) in [5.41, 5.74) is 0. The molecule has 0 radical (unpaired) electrons. The molecule has 0 saturated carbocycles. The Kier molecular flexibility index (Phi) is 4.34. The molecule has 2 rings (SSSR count). The van der Waals surface area contributed by atoms with E-state index in [0.717, 1.165) is 37.5 Å². The normalized spacial score (nSPS) is 21.9. The van der Waals surface area contributed by atoms with E-state index in [2.05, 4.69) is 22.4 Å². The summed E-state index contributed by atoms with van der Waals surface area (Å²) >= 11 is 0. The largest absolute Gasteiger partial charge is 0.339 e. The van der Waals surface area contributed by atoms with Crippen LogP contribution in [0.15, 0.2) is 4.52 Å². The van der Waals surface area contributed by atoms with Gasteiger partial charge in [-0.3, -0.25) is 0 Å². The maximum Gasteiger partial charge on any atom is 0.226 e. The van der Waals surface area contributed by atoms with Crippen molar-refractivity contribution in [3.8, 4) is 0 Å². The molecule has 1 fully saturated rings. The summed E-state index contributed by atoms with van der Waals surface area (Å²) < 4.78 is 5.26. The first kappa shape index (κ1) is 11.6. The fourth-order valence-corrected chi connectivity index (χ4v) is 2.09. The molecule has 4 heteroatoms. The lowest BCUT2D eigenvalue weighted by Gasteiger charge is -2.09. The van der Waals surface area contributed by atoms with Gasteiger partial charge < -0.3 is 9.84 Å². The van der Waals surface area contributed by atoms with Crippen LogP contribution in [-0.4, -0.2) is 16.7 Å². The maximum atomic E-state index is 5.26. The van der Waals surface area contributed by atoms with Gasteiger partial charge in [0.25, 0.3) is 0 Å². The van der Waals surface area contributed by atoms with E-state index in [9.17, 15) is 0 Å². The second kappa shape index (κ2) is 5.99. The quantitative estimate of drug-likeness (QED) is 0.852. The molecule has 1 N–H and O–H groups in total. The van der Waals surface area contributed by atoms with Crippen LogP contribution in [0.4, 0.5) is 0 Å². The number of unbranched alkanes of at least 4 members (excludes halogenated alkanes) is 1. The second-order valence-electron chi connectivity index (χ2n) is 4.51. The molecule has 0 bridgehead atoms. The molecule has 0 aromatic carbocycles. The molecule has 2 heterocycles. The Morgan fingerprint density at radius 2 is 2.31 bits per heavy atom. The van der Waals surface area contributed by atoms with Gasteiger partial charge in [0.15, 0.2) is 5.82 Å². The van der Waals surface area contributed by atoms with Gasteiger partial charge in [-0.05, 0) is 25.8 Å². The summed E-state index contributed by atoms with van der Waals surface area (Å²) in [7, 11) is 0. The Hall–Kier alpha value is -0.900. The Balaban J connectivity index is 1.94. The molecule has 1 aromatic heterocycles. The third-order valence-corrected chi connectivity index (χ3v) is 3.10. The predicted molar refractivity (Wildman–Crippen MR) is 62.1 cm³/mol. The first-order chi connectivity index (χ1) is 7.90. The summed E-state index contributed by atoms with van der Waals surface area (Å²) in [6.45, 7) is 3.24. The van der Waals surface area contributed by atoms with E-state index in [1.165, 1.54) is 25.7 Å². The summed E-state index contributed by atoms with van der Waals surface area (Å²) in [5.74, 6) is 1.65. The molecule has 0 aliphatic carbocycles. The van der Waals surface area contributed by atoms with Crippen molar-refractivity contribution in [1.82, 2.24) is 15.5 Å². The third-order valence-electron chi connectivity index (χ3n) is 3.10. The van der Waals surface area contributed by atoms with Gasteiger partial charge in [0, 0.05) is 6.42 Å². The van der Waals surface area contributed by atoms with Gasteiger partial charge in [-0.1, -0.05) is 31.3 Å². The van der Waals surface area contributed by atoms with Crippen LogP contribution in [0, 0.1) is 0 Å². The fraction of sp³-hybridized carbons (Fsp3) is 0.833. The van der Waals surface area contributed by atoms with Crippen LogP contribution < -0.4 is 5.32 Å². The Morgan fingerprint density at radius 1 is 1.38 bits per heavy atom. The summed E-state index contributed by atoms with van der Waals surface area (Å²) in [5, 5.41) is 7.57. The van der Waals surface area contributed by atoms with E-state index in [4.69, 9.17) is 4.52 Å². The van der Waals surface area contributed by atoms with E-state index in [0.29, 0.717) is 6.04 Å². The van der Waals surface area contributed by atoms with Gasteiger partial charge in [0.05, 0.1) is 6.04 Å². The van der Waals surface area contributed by atoms with Gasteiger partial charge in [-0.2, -0.15) is 4.98 Å². The number of rotatable bonds is 4.